The Bertz CT molecular complexity index is 1180. The van der Waals surface area contributed by atoms with Crippen LogP contribution < -0.4 is 16.2 Å². The van der Waals surface area contributed by atoms with Crippen molar-refractivity contribution in [3.63, 3.8) is 0 Å². The van der Waals surface area contributed by atoms with E-state index in [2.05, 4.69) is 26.8 Å². The van der Waals surface area contributed by atoms with Crippen molar-refractivity contribution in [3.8, 4) is 11.4 Å². The number of carbonyl (C=O) groups is 1. The molecule has 1 aliphatic heterocycles. The lowest BCUT2D eigenvalue weighted by atomic mass is 9.94. The second-order valence-corrected chi connectivity index (χ2v) is 7.57. The van der Waals surface area contributed by atoms with Gasteiger partial charge in [-0.05, 0) is 42.0 Å². The van der Waals surface area contributed by atoms with E-state index in [4.69, 9.17) is 4.98 Å². The van der Waals surface area contributed by atoms with E-state index in [1.54, 1.807) is 0 Å². The molecule has 1 fully saturated rings. The second kappa shape index (κ2) is 7.74. The van der Waals surface area contributed by atoms with Crippen molar-refractivity contribution in [2.45, 2.75) is 6.04 Å². The molecular weight excluding hydrogens is 374 g/mol. The Balaban J connectivity index is 1.33. The Hall–Kier alpha value is -3.48. The van der Waals surface area contributed by atoms with Gasteiger partial charge in [-0.3, -0.25) is 10.2 Å². The second-order valence-electron chi connectivity index (χ2n) is 7.57. The van der Waals surface area contributed by atoms with Crippen LogP contribution in [0.2, 0.25) is 0 Å². The average molecular weight is 397 g/mol. The summed E-state index contributed by atoms with van der Waals surface area (Å²) in [5.41, 5.74) is 11.3. The molecule has 1 amide bonds. The zero-order chi connectivity index (χ0) is 20.5. The van der Waals surface area contributed by atoms with Gasteiger partial charge < -0.3 is 9.88 Å². The number of aryl methyl sites for hydroxylation is 1. The predicted octanol–water partition coefficient (Wildman–Crippen LogP) is 3.64. The van der Waals surface area contributed by atoms with E-state index in [1.165, 1.54) is 0 Å². The first-order valence-corrected chi connectivity index (χ1v) is 10.1. The minimum Gasteiger partial charge on any atom is -0.327 e. The number of hydrogen-bond acceptors (Lipinski definition) is 4. The fourth-order valence-electron chi connectivity index (χ4n) is 4.06. The first-order chi connectivity index (χ1) is 14.7. The maximum Gasteiger partial charge on any atom is 0.230 e. The molecule has 5 rings (SSSR count). The first kappa shape index (κ1) is 18.5. The molecule has 3 N–H and O–H groups in total. The minimum absolute atomic E-state index is 0.00293. The third-order valence-electron chi connectivity index (χ3n) is 5.68. The van der Waals surface area contributed by atoms with E-state index < -0.39 is 0 Å². The summed E-state index contributed by atoms with van der Waals surface area (Å²) in [5.74, 6) is 0.714. The zero-order valence-corrected chi connectivity index (χ0v) is 16.7. The van der Waals surface area contributed by atoms with Crippen LogP contribution in [0.15, 0.2) is 78.9 Å². The van der Waals surface area contributed by atoms with Crippen LogP contribution in [0.5, 0.6) is 0 Å². The molecule has 2 heterocycles. The summed E-state index contributed by atoms with van der Waals surface area (Å²) in [5, 5.41) is 3.06. The number of hydrogen-bond donors (Lipinski definition) is 3. The normalized spacial score (nSPS) is 18.6. The van der Waals surface area contributed by atoms with E-state index in [9.17, 15) is 4.79 Å². The Labute approximate surface area is 174 Å². The molecule has 1 saturated heterocycles. The summed E-state index contributed by atoms with van der Waals surface area (Å²) in [6, 6.07) is 25.9. The van der Waals surface area contributed by atoms with Crippen molar-refractivity contribution >= 4 is 22.6 Å². The molecule has 6 heteroatoms. The van der Waals surface area contributed by atoms with Crippen LogP contribution in [0.3, 0.4) is 0 Å². The Morgan fingerprint density at radius 3 is 2.50 bits per heavy atom. The monoisotopic (exact) mass is 397 g/mol. The quantitative estimate of drug-likeness (QED) is 0.492. The fraction of sp³-hybridized carbons (Fsp3) is 0.167. The number of rotatable bonds is 4. The van der Waals surface area contributed by atoms with Crippen LogP contribution in [0.25, 0.3) is 22.4 Å². The number of nitrogens with zero attached hydrogens (tertiary/aromatic N) is 2. The van der Waals surface area contributed by atoms with Crippen LogP contribution in [0.1, 0.15) is 11.6 Å². The van der Waals surface area contributed by atoms with Crippen molar-refractivity contribution < 1.29 is 4.79 Å². The van der Waals surface area contributed by atoms with Crippen molar-refractivity contribution in [2.75, 3.05) is 11.9 Å². The highest BCUT2D eigenvalue weighted by atomic mass is 16.2. The largest absolute Gasteiger partial charge is 0.327 e. The molecule has 0 radical (unpaired) electrons. The van der Waals surface area contributed by atoms with Crippen molar-refractivity contribution in [2.24, 2.45) is 13.0 Å². The summed E-state index contributed by atoms with van der Waals surface area (Å²) < 4.78 is 2.09. The number of para-hydroxylation sites is 2. The molecule has 1 aromatic heterocycles. The number of amides is 1. The number of fused-ring (bicyclic) bond motifs is 1. The lowest BCUT2D eigenvalue weighted by Gasteiger charge is -2.18. The van der Waals surface area contributed by atoms with Gasteiger partial charge in [0.05, 0.1) is 23.0 Å². The number of hydrazine groups is 1. The molecule has 6 nitrogen and oxygen atoms in total. The standard InChI is InChI=1S/C24H23N5O/c1-29-21-10-6-5-9-20(21)27-23(29)17-11-13-18(14-12-17)26-24(30)19-15-25-28-22(19)16-7-3-2-4-8-16/h2-14,19,22,25,28H,15H2,1H3,(H,26,30). The summed E-state index contributed by atoms with van der Waals surface area (Å²) >= 11 is 0. The zero-order valence-electron chi connectivity index (χ0n) is 16.7. The SMILES string of the molecule is Cn1c(-c2ccc(NC(=O)C3CNNC3c3ccccc3)cc2)nc2ccccc21. The third-order valence-corrected chi connectivity index (χ3v) is 5.68. The molecule has 30 heavy (non-hydrogen) atoms. The van der Waals surface area contributed by atoms with Gasteiger partial charge in [0.1, 0.15) is 5.82 Å². The summed E-state index contributed by atoms with van der Waals surface area (Å²) in [6.45, 7) is 0.587. The van der Waals surface area contributed by atoms with Gasteiger partial charge >= 0.3 is 0 Å². The highest BCUT2D eigenvalue weighted by Gasteiger charge is 2.33. The molecule has 150 valence electrons. The molecule has 0 aliphatic carbocycles. The highest BCUT2D eigenvalue weighted by Crippen LogP contribution is 2.27. The minimum atomic E-state index is -0.188. The topological polar surface area (TPSA) is 71.0 Å². The summed E-state index contributed by atoms with van der Waals surface area (Å²) in [4.78, 5) is 17.7. The highest BCUT2D eigenvalue weighted by molar-refractivity contribution is 5.93. The number of benzene rings is 3. The van der Waals surface area contributed by atoms with Crippen molar-refractivity contribution in [1.82, 2.24) is 20.4 Å². The number of anilines is 1. The number of imidazole rings is 1. The molecule has 2 atom stereocenters. The van der Waals surface area contributed by atoms with Gasteiger partial charge in [-0.2, -0.15) is 0 Å². The van der Waals surface area contributed by atoms with Crippen LogP contribution in [0, 0.1) is 5.92 Å². The van der Waals surface area contributed by atoms with Gasteiger partial charge in [-0.1, -0.05) is 42.5 Å². The maximum atomic E-state index is 12.9. The van der Waals surface area contributed by atoms with E-state index >= 15 is 0 Å². The molecule has 0 spiro atoms. The van der Waals surface area contributed by atoms with E-state index in [0.29, 0.717) is 6.54 Å². The van der Waals surface area contributed by atoms with Gasteiger partial charge in [-0.15, -0.1) is 0 Å². The van der Waals surface area contributed by atoms with Crippen LogP contribution in [-0.4, -0.2) is 22.0 Å². The predicted molar refractivity (Wildman–Crippen MR) is 119 cm³/mol. The fourth-order valence-corrected chi connectivity index (χ4v) is 4.06. The van der Waals surface area contributed by atoms with Crippen LogP contribution >= 0.6 is 0 Å². The third kappa shape index (κ3) is 3.36. The van der Waals surface area contributed by atoms with Gasteiger partial charge in [0, 0.05) is 24.8 Å². The Kier molecular flexibility index (Phi) is 4.78. The summed E-state index contributed by atoms with van der Waals surface area (Å²) in [7, 11) is 2.02. The van der Waals surface area contributed by atoms with E-state index in [1.807, 2.05) is 79.8 Å². The van der Waals surface area contributed by atoms with Gasteiger partial charge in [0.25, 0.3) is 0 Å². The molecule has 1 aliphatic rings. The van der Waals surface area contributed by atoms with E-state index in [-0.39, 0.29) is 17.9 Å². The lowest BCUT2D eigenvalue weighted by molar-refractivity contribution is -0.119. The molecule has 4 aromatic rings. The molecule has 2 unspecified atom stereocenters. The number of carbonyl (C=O) groups excluding carboxylic acids is 1. The van der Waals surface area contributed by atoms with Crippen LogP contribution in [-0.2, 0) is 11.8 Å². The van der Waals surface area contributed by atoms with Crippen molar-refractivity contribution in [1.29, 1.82) is 0 Å². The first-order valence-electron chi connectivity index (χ1n) is 10.1. The van der Waals surface area contributed by atoms with Gasteiger partial charge in [-0.25, -0.2) is 10.4 Å². The Morgan fingerprint density at radius 1 is 1.00 bits per heavy atom. The number of nitrogens with one attached hydrogen (secondary N) is 3. The van der Waals surface area contributed by atoms with Gasteiger partial charge in [0.15, 0.2) is 0 Å². The van der Waals surface area contributed by atoms with E-state index in [0.717, 1.165) is 33.7 Å². The average Bonchev–Trinajstić information content (AvgIpc) is 3.41. The lowest BCUT2D eigenvalue weighted by Crippen LogP contribution is -2.29. The molecule has 0 bridgehead atoms. The number of aromatic nitrogens is 2. The van der Waals surface area contributed by atoms with Gasteiger partial charge in [0.2, 0.25) is 5.91 Å². The molecule has 0 saturated carbocycles. The van der Waals surface area contributed by atoms with Crippen LogP contribution in [0.4, 0.5) is 5.69 Å². The smallest absolute Gasteiger partial charge is 0.230 e. The summed E-state index contributed by atoms with van der Waals surface area (Å²) in [6.07, 6.45) is 0. The molecule has 3 aromatic carbocycles. The Morgan fingerprint density at radius 2 is 1.73 bits per heavy atom. The molecular formula is C24H23N5O. The maximum absolute atomic E-state index is 12.9. The van der Waals surface area contributed by atoms with Crippen molar-refractivity contribution in [3.05, 3.63) is 84.4 Å².